The van der Waals surface area contributed by atoms with Crippen molar-refractivity contribution in [2.45, 2.75) is 19.4 Å². The van der Waals surface area contributed by atoms with Crippen LogP contribution < -0.4 is 0 Å². The molecule has 1 aliphatic heterocycles. The molecule has 0 aromatic carbocycles. The van der Waals surface area contributed by atoms with Gasteiger partial charge in [0.15, 0.2) is 0 Å². The molecule has 0 bridgehead atoms. The summed E-state index contributed by atoms with van der Waals surface area (Å²) in [5.74, 6) is 0.117. The van der Waals surface area contributed by atoms with Crippen molar-refractivity contribution in [2.75, 3.05) is 32.7 Å². The molecular weight excluding hydrogens is 328 g/mol. The van der Waals surface area contributed by atoms with Gasteiger partial charge in [0.1, 0.15) is 0 Å². The zero-order valence-electron chi connectivity index (χ0n) is 11.0. The minimum absolute atomic E-state index is 0.117. The van der Waals surface area contributed by atoms with Gasteiger partial charge in [-0.1, -0.05) is 6.92 Å². The maximum absolute atomic E-state index is 12.2. The van der Waals surface area contributed by atoms with Crippen molar-refractivity contribution < 1.29 is 9.90 Å². The largest absolute Gasteiger partial charge is 0.392 e. The first-order valence-electron chi connectivity index (χ1n) is 6.55. The third kappa shape index (κ3) is 4.02. The first kappa shape index (κ1) is 15.0. The van der Waals surface area contributed by atoms with Gasteiger partial charge in [-0.3, -0.25) is 9.69 Å². The molecule has 1 fully saturated rings. The number of β-amino-alcohol motifs (C(OH)–C–C–N with tert-alkyl or cyclic N) is 1. The molecule has 1 saturated heterocycles. The fourth-order valence-corrected chi connectivity index (χ4v) is 3.50. The van der Waals surface area contributed by atoms with Crippen LogP contribution in [0.4, 0.5) is 0 Å². The lowest BCUT2D eigenvalue weighted by Crippen LogP contribution is -2.50. The number of carbonyl (C=O) groups excluding carboxylic acids is 1. The second kappa shape index (κ2) is 6.83. The van der Waals surface area contributed by atoms with E-state index >= 15 is 0 Å². The Labute approximate surface area is 126 Å². The van der Waals surface area contributed by atoms with E-state index in [4.69, 9.17) is 0 Å². The fourth-order valence-electron chi connectivity index (χ4n) is 2.15. The van der Waals surface area contributed by atoms with Crippen molar-refractivity contribution in [1.29, 1.82) is 0 Å². The third-order valence-corrected chi connectivity index (χ3v) is 5.00. The molecule has 1 atom stereocenters. The second-order valence-corrected chi connectivity index (χ2v) is 7.22. The molecule has 0 radical (unpaired) electrons. The van der Waals surface area contributed by atoms with Gasteiger partial charge in [-0.15, -0.1) is 11.3 Å². The molecule has 106 valence electrons. The molecule has 0 aliphatic carbocycles. The Morgan fingerprint density at radius 2 is 2.11 bits per heavy atom. The lowest BCUT2D eigenvalue weighted by atomic mass is 10.2. The van der Waals surface area contributed by atoms with Crippen LogP contribution >= 0.6 is 27.3 Å². The quantitative estimate of drug-likeness (QED) is 0.907. The molecule has 19 heavy (non-hydrogen) atoms. The summed E-state index contributed by atoms with van der Waals surface area (Å²) in [6.45, 7) is 5.86. The van der Waals surface area contributed by atoms with Crippen molar-refractivity contribution in [3.05, 3.63) is 20.8 Å². The Kier molecular flexibility index (Phi) is 5.38. The number of aliphatic hydroxyl groups excluding tert-OH is 1. The molecule has 0 unspecified atom stereocenters. The van der Waals surface area contributed by atoms with Gasteiger partial charge in [0, 0.05) is 32.7 Å². The molecule has 6 heteroatoms. The number of nitrogens with zero attached hydrogens (tertiary/aromatic N) is 2. The smallest absolute Gasteiger partial charge is 0.264 e. The van der Waals surface area contributed by atoms with Gasteiger partial charge in [0.25, 0.3) is 5.91 Å². The number of thiophene rings is 1. The van der Waals surface area contributed by atoms with E-state index in [1.165, 1.54) is 11.3 Å². The summed E-state index contributed by atoms with van der Waals surface area (Å²) >= 11 is 4.86. The molecule has 1 N–H and O–H groups in total. The van der Waals surface area contributed by atoms with E-state index in [9.17, 15) is 9.90 Å². The van der Waals surface area contributed by atoms with Crippen molar-refractivity contribution in [2.24, 2.45) is 0 Å². The number of hydrogen-bond acceptors (Lipinski definition) is 4. The number of amides is 1. The molecule has 2 rings (SSSR count). The van der Waals surface area contributed by atoms with Gasteiger partial charge >= 0.3 is 0 Å². The maximum Gasteiger partial charge on any atom is 0.264 e. The summed E-state index contributed by atoms with van der Waals surface area (Å²) in [7, 11) is 0. The SMILES string of the molecule is CC[C@@H](O)CN1CCN(C(=O)c2ccc(Br)s2)CC1. The number of halogens is 1. The van der Waals surface area contributed by atoms with Crippen LogP contribution in [0.5, 0.6) is 0 Å². The average Bonchev–Trinajstić information content (AvgIpc) is 2.85. The zero-order chi connectivity index (χ0) is 13.8. The topological polar surface area (TPSA) is 43.8 Å². The molecule has 1 aliphatic rings. The van der Waals surface area contributed by atoms with Gasteiger partial charge in [-0.2, -0.15) is 0 Å². The van der Waals surface area contributed by atoms with Crippen LogP contribution in [0.3, 0.4) is 0 Å². The standard InChI is InChI=1S/C13H19BrN2O2S/c1-2-10(17)9-15-5-7-16(8-6-15)13(18)11-3-4-12(14)19-11/h3-4,10,17H,2,5-9H2,1H3/t10-/m1/s1. The van der Waals surface area contributed by atoms with Crippen LogP contribution in [-0.4, -0.2) is 59.6 Å². The molecule has 0 saturated carbocycles. The summed E-state index contributed by atoms with van der Waals surface area (Å²) in [4.78, 5) is 17.2. The minimum Gasteiger partial charge on any atom is -0.392 e. The van der Waals surface area contributed by atoms with Crippen molar-refractivity contribution >= 4 is 33.2 Å². The highest BCUT2D eigenvalue weighted by Gasteiger charge is 2.23. The van der Waals surface area contributed by atoms with Gasteiger partial charge in [0.2, 0.25) is 0 Å². The number of carbonyl (C=O) groups is 1. The highest BCUT2D eigenvalue weighted by Crippen LogP contribution is 2.23. The summed E-state index contributed by atoms with van der Waals surface area (Å²) in [6.07, 6.45) is 0.526. The fraction of sp³-hybridized carbons (Fsp3) is 0.615. The highest BCUT2D eigenvalue weighted by atomic mass is 79.9. The van der Waals surface area contributed by atoms with Gasteiger partial charge in [-0.25, -0.2) is 0 Å². The van der Waals surface area contributed by atoms with Crippen molar-refractivity contribution in [3.8, 4) is 0 Å². The molecular formula is C13H19BrN2O2S. The molecule has 1 aromatic rings. The lowest BCUT2D eigenvalue weighted by Gasteiger charge is -2.35. The van der Waals surface area contributed by atoms with Crippen LogP contribution in [0.25, 0.3) is 0 Å². The Morgan fingerprint density at radius 3 is 2.63 bits per heavy atom. The Hall–Kier alpha value is -0.430. The predicted octanol–water partition coefficient (Wildman–Crippen LogP) is 2.04. The Morgan fingerprint density at radius 1 is 1.42 bits per heavy atom. The van der Waals surface area contributed by atoms with E-state index in [2.05, 4.69) is 20.8 Å². The van der Waals surface area contributed by atoms with Gasteiger partial charge < -0.3 is 10.0 Å². The third-order valence-electron chi connectivity index (χ3n) is 3.38. The van der Waals surface area contributed by atoms with Crippen LogP contribution in [0.15, 0.2) is 15.9 Å². The monoisotopic (exact) mass is 346 g/mol. The average molecular weight is 347 g/mol. The van der Waals surface area contributed by atoms with Crippen LogP contribution in [0.1, 0.15) is 23.0 Å². The maximum atomic E-state index is 12.2. The highest BCUT2D eigenvalue weighted by molar-refractivity contribution is 9.11. The number of hydrogen-bond donors (Lipinski definition) is 1. The molecule has 0 spiro atoms. The van der Waals surface area contributed by atoms with Crippen molar-refractivity contribution in [1.82, 2.24) is 9.80 Å². The van der Waals surface area contributed by atoms with E-state index in [-0.39, 0.29) is 12.0 Å². The van der Waals surface area contributed by atoms with E-state index in [0.717, 1.165) is 41.3 Å². The first-order chi connectivity index (χ1) is 9.10. The predicted molar refractivity (Wildman–Crippen MR) is 80.7 cm³/mol. The van der Waals surface area contributed by atoms with Gasteiger partial charge in [0.05, 0.1) is 14.8 Å². The number of rotatable bonds is 4. The summed E-state index contributed by atoms with van der Waals surface area (Å²) < 4.78 is 0.987. The second-order valence-electron chi connectivity index (χ2n) is 4.76. The van der Waals surface area contributed by atoms with E-state index in [1.807, 2.05) is 24.0 Å². The zero-order valence-corrected chi connectivity index (χ0v) is 13.4. The summed E-state index contributed by atoms with van der Waals surface area (Å²) in [5, 5.41) is 9.64. The summed E-state index contributed by atoms with van der Waals surface area (Å²) in [6, 6.07) is 3.77. The first-order valence-corrected chi connectivity index (χ1v) is 8.16. The normalized spacial score (nSPS) is 18.6. The van der Waals surface area contributed by atoms with Crippen molar-refractivity contribution in [3.63, 3.8) is 0 Å². The van der Waals surface area contributed by atoms with Crippen LogP contribution in [-0.2, 0) is 0 Å². The molecule has 1 amide bonds. The van der Waals surface area contributed by atoms with E-state index in [1.54, 1.807) is 0 Å². The lowest BCUT2D eigenvalue weighted by molar-refractivity contribution is 0.0527. The van der Waals surface area contributed by atoms with Gasteiger partial charge in [-0.05, 0) is 34.5 Å². The molecule has 2 heterocycles. The minimum atomic E-state index is -0.254. The van der Waals surface area contributed by atoms with Crippen LogP contribution in [0, 0.1) is 0 Å². The molecule has 4 nitrogen and oxygen atoms in total. The Balaban J connectivity index is 1.84. The number of aliphatic hydroxyl groups is 1. The number of piperazine rings is 1. The van der Waals surface area contributed by atoms with E-state index < -0.39 is 0 Å². The summed E-state index contributed by atoms with van der Waals surface area (Å²) in [5.41, 5.74) is 0. The Bertz CT molecular complexity index is 430. The van der Waals surface area contributed by atoms with E-state index in [0.29, 0.717) is 6.54 Å². The van der Waals surface area contributed by atoms with Crippen LogP contribution in [0.2, 0.25) is 0 Å². The molecule has 1 aromatic heterocycles.